The molecular weight excluding hydrogens is 307 g/mol. The van der Waals surface area contributed by atoms with Crippen molar-refractivity contribution in [3.8, 4) is 0 Å². The second-order valence-corrected chi connectivity index (χ2v) is 16.6. The molecular formula is C8H12N2O4Sn. The second-order valence-electron chi connectivity index (χ2n) is 4.00. The predicted octanol–water partition coefficient (Wildman–Crippen LogP) is 0.0549. The molecule has 1 rings (SSSR count). The van der Waals surface area contributed by atoms with Crippen LogP contribution < -0.4 is 11.2 Å². The van der Waals surface area contributed by atoms with Gasteiger partial charge in [-0.3, -0.25) is 0 Å². The van der Waals surface area contributed by atoms with Crippen LogP contribution in [0.3, 0.4) is 0 Å². The zero-order valence-electron chi connectivity index (χ0n) is 8.71. The van der Waals surface area contributed by atoms with Crippen LogP contribution in [0.5, 0.6) is 0 Å². The third-order valence-electron chi connectivity index (χ3n) is 1.38. The van der Waals surface area contributed by atoms with E-state index in [1.165, 1.54) is 0 Å². The summed E-state index contributed by atoms with van der Waals surface area (Å²) in [4.78, 5) is 43.2. The molecule has 1 heterocycles. The van der Waals surface area contributed by atoms with E-state index in [9.17, 15) is 14.4 Å². The van der Waals surface area contributed by atoms with Gasteiger partial charge < -0.3 is 0 Å². The Bertz CT molecular complexity index is 454. The quantitative estimate of drug-likeness (QED) is 0.754. The van der Waals surface area contributed by atoms with Crippen LogP contribution in [0.4, 0.5) is 0 Å². The van der Waals surface area contributed by atoms with Crippen LogP contribution in [0, 0.1) is 0 Å². The van der Waals surface area contributed by atoms with E-state index >= 15 is 0 Å². The molecule has 1 aromatic rings. The van der Waals surface area contributed by atoms with Gasteiger partial charge in [-0.1, -0.05) is 0 Å². The molecule has 0 aromatic carbocycles. The Hall–Kier alpha value is -1.05. The molecule has 7 heteroatoms. The minimum absolute atomic E-state index is 0.102. The average Bonchev–Trinajstić information content (AvgIpc) is 1.98. The number of hydrogen-bond donors (Lipinski definition) is 2. The third-order valence-corrected chi connectivity index (χ3v) is 3.66. The molecule has 0 aliphatic rings. The number of hydrogen-bond acceptors (Lipinski definition) is 4. The molecule has 0 amide bonds. The Morgan fingerprint density at radius 2 is 1.87 bits per heavy atom. The molecule has 1 aromatic heterocycles. The summed E-state index contributed by atoms with van der Waals surface area (Å²) in [6.07, 6.45) is 0. The van der Waals surface area contributed by atoms with E-state index < -0.39 is 36.0 Å². The number of nitrogens with one attached hydrogen (secondary N) is 2. The molecule has 0 atom stereocenters. The summed E-state index contributed by atoms with van der Waals surface area (Å²) in [5, 5.41) is 0. The molecule has 0 aliphatic heterocycles. The Kier molecular flexibility index (Phi) is 3.38. The topological polar surface area (TPSA) is 92.0 Å². The van der Waals surface area contributed by atoms with Gasteiger partial charge in [0.1, 0.15) is 0 Å². The molecule has 0 fully saturated rings. The van der Waals surface area contributed by atoms with Crippen molar-refractivity contribution in [3.05, 3.63) is 32.6 Å². The van der Waals surface area contributed by atoms with Crippen molar-refractivity contribution in [2.24, 2.45) is 0 Å². The fourth-order valence-electron chi connectivity index (χ4n) is 0.912. The zero-order valence-corrected chi connectivity index (χ0v) is 11.6. The van der Waals surface area contributed by atoms with Gasteiger partial charge in [-0.2, -0.15) is 0 Å². The summed E-state index contributed by atoms with van der Waals surface area (Å²) in [5.74, 6) is -0.638. The molecule has 2 N–H and O–H groups in total. The Balaban J connectivity index is 3.02. The maximum atomic E-state index is 11.5. The van der Waals surface area contributed by atoms with Gasteiger partial charge in [0.05, 0.1) is 0 Å². The summed E-state index contributed by atoms with van der Waals surface area (Å²) in [6, 6.07) is 1.02. The number of H-pyrrole nitrogens is 2. The van der Waals surface area contributed by atoms with E-state index in [-0.39, 0.29) is 5.69 Å². The first-order valence-corrected chi connectivity index (χ1v) is 14.1. The van der Waals surface area contributed by atoms with E-state index in [4.69, 9.17) is 3.07 Å². The number of aromatic amines is 2. The Morgan fingerprint density at radius 3 is 2.33 bits per heavy atom. The standard InChI is InChI=1S/C5H4N2O4.3CH3.Sn/c8-3-1-2(4(9)10)6-5(11)7-3;;;;/h1H,(H,9,10)(H2,6,7,8,11);3*1H3;/q;;;;+1/p-1. The molecule has 0 radical (unpaired) electrons. The normalized spacial score (nSPS) is 11.1. The Labute approximate surface area is 90.1 Å². The molecule has 0 saturated heterocycles. The zero-order chi connectivity index (χ0) is 11.6. The van der Waals surface area contributed by atoms with Crippen molar-refractivity contribution in [1.29, 1.82) is 0 Å². The van der Waals surface area contributed by atoms with Gasteiger partial charge in [-0.15, -0.1) is 0 Å². The summed E-state index contributed by atoms with van der Waals surface area (Å²) in [5.41, 5.74) is -1.43. The average molecular weight is 319 g/mol. The summed E-state index contributed by atoms with van der Waals surface area (Å²) < 4.78 is 5.18. The number of rotatable bonds is 2. The van der Waals surface area contributed by atoms with Gasteiger partial charge in [-0.25, -0.2) is 0 Å². The molecule has 0 unspecified atom stereocenters. The van der Waals surface area contributed by atoms with Crippen molar-refractivity contribution < 1.29 is 7.87 Å². The first-order chi connectivity index (χ1) is 6.78. The summed E-state index contributed by atoms with van der Waals surface area (Å²) in [6.45, 7) is 0. The van der Waals surface area contributed by atoms with Crippen LogP contribution in [-0.2, 0) is 3.07 Å². The van der Waals surface area contributed by atoms with Gasteiger partial charge in [0.2, 0.25) is 0 Å². The number of carbonyl (C=O) groups excluding carboxylic acids is 1. The van der Waals surface area contributed by atoms with E-state index in [0.717, 1.165) is 6.07 Å². The molecule has 0 aliphatic carbocycles. The predicted molar refractivity (Wildman–Crippen MR) is 56.4 cm³/mol. The van der Waals surface area contributed by atoms with Gasteiger partial charge in [0.15, 0.2) is 0 Å². The van der Waals surface area contributed by atoms with E-state index in [1.807, 2.05) is 19.8 Å². The van der Waals surface area contributed by atoms with Crippen molar-refractivity contribution in [2.45, 2.75) is 14.8 Å². The molecule has 15 heavy (non-hydrogen) atoms. The minimum atomic E-state index is -2.71. The van der Waals surface area contributed by atoms with Crippen LogP contribution in [-0.4, -0.2) is 34.7 Å². The van der Waals surface area contributed by atoms with Crippen LogP contribution >= 0.6 is 0 Å². The van der Waals surface area contributed by atoms with Gasteiger partial charge in [-0.05, 0) is 0 Å². The third kappa shape index (κ3) is 3.90. The first kappa shape index (κ1) is 12.0. The van der Waals surface area contributed by atoms with Crippen LogP contribution in [0.2, 0.25) is 14.8 Å². The second kappa shape index (κ2) is 4.21. The van der Waals surface area contributed by atoms with Crippen molar-refractivity contribution in [2.75, 3.05) is 0 Å². The summed E-state index contributed by atoms with van der Waals surface area (Å²) in [7, 11) is 0. The maximum absolute atomic E-state index is 11.5. The molecule has 82 valence electrons. The monoisotopic (exact) mass is 320 g/mol. The van der Waals surface area contributed by atoms with Crippen molar-refractivity contribution in [1.82, 2.24) is 9.97 Å². The van der Waals surface area contributed by atoms with Gasteiger partial charge in [0.25, 0.3) is 0 Å². The fourth-order valence-corrected chi connectivity index (χ4v) is 2.81. The Morgan fingerprint density at radius 1 is 1.27 bits per heavy atom. The van der Waals surface area contributed by atoms with Crippen molar-refractivity contribution in [3.63, 3.8) is 0 Å². The van der Waals surface area contributed by atoms with Gasteiger partial charge in [0, 0.05) is 0 Å². The summed E-state index contributed by atoms with van der Waals surface area (Å²) >= 11 is -2.71. The van der Waals surface area contributed by atoms with E-state index in [2.05, 4.69) is 4.98 Å². The van der Waals surface area contributed by atoms with E-state index in [0.29, 0.717) is 0 Å². The fraction of sp³-hybridized carbons (Fsp3) is 0.375. The van der Waals surface area contributed by atoms with Crippen LogP contribution in [0.25, 0.3) is 0 Å². The number of aromatic nitrogens is 2. The van der Waals surface area contributed by atoms with Crippen molar-refractivity contribution >= 4 is 24.8 Å². The van der Waals surface area contributed by atoms with Gasteiger partial charge >= 0.3 is 90.0 Å². The number of carbonyl (C=O) groups is 1. The first-order valence-electron chi connectivity index (χ1n) is 4.35. The SMILES string of the molecule is [CH3][Sn]([CH3])([CH3])[O]C(=O)c1cc(=O)[nH]c(=O)[nH]1. The molecule has 0 spiro atoms. The van der Waals surface area contributed by atoms with Crippen LogP contribution in [0.15, 0.2) is 15.7 Å². The molecule has 0 saturated carbocycles. The molecule has 0 bridgehead atoms. The molecule has 6 nitrogen and oxygen atoms in total. The van der Waals surface area contributed by atoms with Crippen LogP contribution in [0.1, 0.15) is 10.5 Å². The van der Waals surface area contributed by atoms with E-state index in [1.54, 1.807) is 0 Å².